The van der Waals surface area contributed by atoms with Gasteiger partial charge in [-0.15, -0.1) is 10.2 Å². The second-order valence-electron chi connectivity index (χ2n) is 4.87. The Morgan fingerprint density at radius 1 is 1.21 bits per heavy atom. The summed E-state index contributed by atoms with van der Waals surface area (Å²) in [5.41, 5.74) is 0.880. The lowest BCUT2D eigenvalue weighted by molar-refractivity contribution is 0.461. The number of rotatable bonds is 6. The first-order valence-electron chi connectivity index (χ1n) is 6.44. The van der Waals surface area contributed by atoms with Crippen LogP contribution in [0.5, 0.6) is 0 Å². The van der Waals surface area contributed by atoms with Gasteiger partial charge in [0.1, 0.15) is 0 Å². The fraction of sp³-hybridized carbons (Fsp3) is 0.429. The van der Waals surface area contributed by atoms with Gasteiger partial charge in [0, 0.05) is 10.6 Å². The predicted octanol–water partition coefficient (Wildman–Crippen LogP) is 3.53. The summed E-state index contributed by atoms with van der Waals surface area (Å²) < 4.78 is 5.59. The van der Waals surface area contributed by atoms with Crippen LogP contribution in [-0.2, 0) is 6.54 Å². The first kappa shape index (κ1) is 14.0. The second-order valence-corrected chi connectivity index (χ2v) is 5.30. The zero-order valence-electron chi connectivity index (χ0n) is 11.2. The number of aromatic nitrogens is 2. The van der Waals surface area contributed by atoms with E-state index in [0.717, 1.165) is 18.5 Å². The van der Waals surface area contributed by atoms with E-state index in [4.69, 9.17) is 16.0 Å². The zero-order chi connectivity index (χ0) is 13.7. The summed E-state index contributed by atoms with van der Waals surface area (Å²) >= 11 is 5.84. The highest BCUT2D eigenvalue weighted by Gasteiger charge is 2.08. The van der Waals surface area contributed by atoms with Gasteiger partial charge in [-0.1, -0.05) is 25.4 Å². The molecule has 102 valence electrons. The summed E-state index contributed by atoms with van der Waals surface area (Å²) in [6.07, 6.45) is 1.14. The quantitative estimate of drug-likeness (QED) is 0.822. The Labute approximate surface area is 118 Å². The summed E-state index contributed by atoms with van der Waals surface area (Å²) in [7, 11) is 0. The third-order valence-corrected chi connectivity index (χ3v) is 2.98. The van der Waals surface area contributed by atoms with E-state index in [1.807, 2.05) is 24.3 Å². The third-order valence-electron chi connectivity index (χ3n) is 2.73. The van der Waals surface area contributed by atoms with E-state index in [-0.39, 0.29) is 0 Å². The molecule has 5 heteroatoms. The topological polar surface area (TPSA) is 51.0 Å². The van der Waals surface area contributed by atoms with Crippen LogP contribution < -0.4 is 5.32 Å². The molecule has 19 heavy (non-hydrogen) atoms. The van der Waals surface area contributed by atoms with Gasteiger partial charge in [-0.3, -0.25) is 0 Å². The van der Waals surface area contributed by atoms with Crippen LogP contribution in [-0.4, -0.2) is 16.7 Å². The Balaban J connectivity index is 1.90. The molecule has 1 aromatic heterocycles. The molecule has 0 amide bonds. The lowest BCUT2D eigenvalue weighted by atomic mass is 10.1. The van der Waals surface area contributed by atoms with Crippen molar-refractivity contribution in [2.24, 2.45) is 5.92 Å². The molecule has 0 aliphatic carbocycles. The maximum absolute atomic E-state index is 5.84. The van der Waals surface area contributed by atoms with Crippen LogP contribution in [0.1, 0.15) is 26.2 Å². The minimum Gasteiger partial charge on any atom is -0.419 e. The van der Waals surface area contributed by atoms with Crippen LogP contribution in [0.15, 0.2) is 28.7 Å². The Hall–Kier alpha value is -1.39. The molecular weight excluding hydrogens is 262 g/mol. The van der Waals surface area contributed by atoms with Crippen LogP contribution in [0.4, 0.5) is 0 Å². The fourth-order valence-electron chi connectivity index (χ4n) is 1.62. The average Bonchev–Trinajstić information content (AvgIpc) is 2.84. The van der Waals surface area contributed by atoms with Crippen molar-refractivity contribution in [3.05, 3.63) is 35.2 Å². The molecule has 0 fully saturated rings. The van der Waals surface area contributed by atoms with Crippen LogP contribution in [0, 0.1) is 5.92 Å². The van der Waals surface area contributed by atoms with Gasteiger partial charge in [-0.2, -0.15) is 0 Å². The predicted molar refractivity (Wildman–Crippen MR) is 75.9 cm³/mol. The molecule has 2 rings (SSSR count). The van der Waals surface area contributed by atoms with Crippen molar-refractivity contribution in [2.75, 3.05) is 6.54 Å². The van der Waals surface area contributed by atoms with Gasteiger partial charge >= 0.3 is 0 Å². The minimum atomic E-state index is 0.525. The van der Waals surface area contributed by atoms with E-state index in [1.54, 1.807) is 0 Å². The Morgan fingerprint density at radius 2 is 1.95 bits per heavy atom. The van der Waals surface area contributed by atoms with Crippen molar-refractivity contribution in [2.45, 2.75) is 26.8 Å². The van der Waals surface area contributed by atoms with Crippen molar-refractivity contribution >= 4 is 11.6 Å². The number of benzene rings is 1. The molecule has 0 spiro atoms. The van der Waals surface area contributed by atoms with E-state index in [2.05, 4.69) is 29.4 Å². The lowest BCUT2D eigenvalue weighted by Gasteiger charge is -2.04. The van der Waals surface area contributed by atoms with Gasteiger partial charge < -0.3 is 9.73 Å². The van der Waals surface area contributed by atoms with Crippen LogP contribution in [0.25, 0.3) is 11.5 Å². The summed E-state index contributed by atoms with van der Waals surface area (Å²) in [4.78, 5) is 0. The number of halogens is 1. The molecule has 0 unspecified atom stereocenters. The van der Waals surface area contributed by atoms with E-state index in [9.17, 15) is 0 Å². The Morgan fingerprint density at radius 3 is 2.63 bits per heavy atom. The van der Waals surface area contributed by atoms with Crippen molar-refractivity contribution < 1.29 is 4.42 Å². The van der Waals surface area contributed by atoms with E-state index in [1.165, 1.54) is 0 Å². The molecule has 0 aliphatic rings. The number of hydrogen-bond acceptors (Lipinski definition) is 4. The third kappa shape index (κ3) is 4.33. The normalized spacial score (nSPS) is 11.2. The second kappa shape index (κ2) is 6.68. The Bertz CT molecular complexity index is 508. The summed E-state index contributed by atoms with van der Waals surface area (Å²) in [5, 5.41) is 12.0. The minimum absolute atomic E-state index is 0.525. The molecule has 2 aromatic rings. The number of hydrogen-bond donors (Lipinski definition) is 1. The largest absolute Gasteiger partial charge is 0.419 e. The molecule has 0 atom stereocenters. The van der Waals surface area contributed by atoms with Crippen LogP contribution in [0.3, 0.4) is 0 Å². The molecule has 1 N–H and O–H groups in total. The average molecular weight is 280 g/mol. The molecule has 0 saturated carbocycles. The maximum atomic E-state index is 5.84. The fourth-order valence-corrected chi connectivity index (χ4v) is 1.75. The van der Waals surface area contributed by atoms with Gasteiger partial charge in [0.05, 0.1) is 6.54 Å². The molecule has 0 saturated heterocycles. The number of nitrogens with one attached hydrogen (secondary N) is 1. The molecule has 0 aliphatic heterocycles. The SMILES string of the molecule is CC(C)CCNCc1nnc(-c2ccc(Cl)cc2)o1. The van der Waals surface area contributed by atoms with Crippen molar-refractivity contribution in [3.63, 3.8) is 0 Å². The van der Waals surface area contributed by atoms with Gasteiger partial charge in [0.2, 0.25) is 11.8 Å². The molecule has 0 bridgehead atoms. The first-order valence-corrected chi connectivity index (χ1v) is 6.82. The van der Waals surface area contributed by atoms with Crippen LogP contribution in [0.2, 0.25) is 5.02 Å². The maximum Gasteiger partial charge on any atom is 0.247 e. The van der Waals surface area contributed by atoms with Crippen molar-refractivity contribution in [3.8, 4) is 11.5 Å². The van der Waals surface area contributed by atoms with Crippen LogP contribution >= 0.6 is 11.6 Å². The van der Waals surface area contributed by atoms with Crippen molar-refractivity contribution in [1.82, 2.24) is 15.5 Å². The molecule has 1 aromatic carbocycles. The van der Waals surface area contributed by atoms with Gasteiger partial charge in [0.25, 0.3) is 0 Å². The zero-order valence-corrected chi connectivity index (χ0v) is 11.9. The lowest BCUT2D eigenvalue weighted by Crippen LogP contribution is -2.16. The van der Waals surface area contributed by atoms with Gasteiger partial charge in [0.15, 0.2) is 0 Å². The molecular formula is C14H18ClN3O. The summed E-state index contributed by atoms with van der Waals surface area (Å²) in [6.45, 7) is 5.96. The first-order chi connectivity index (χ1) is 9.15. The summed E-state index contributed by atoms with van der Waals surface area (Å²) in [5.74, 6) is 1.82. The van der Waals surface area contributed by atoms with Gasteiger partial charge in [-0.25, -0.2) is 0 Å². The highest BCUT2D eigenvalue weighted by atomic mass is 35.5. The highest BCUT2D eigenvalue weighted by molar-refractivity contribution is 6.30. The number of nitrogens with zero attached hydrogens (tertiary/aromatic N) is 2. The van der Waals surface area contributed by atoms with E-state index in [0.29, 0.717) is 29.3 Å². The smallest absolute Gasteiger partial charge is 0.247 e. The highest BCUT2D eigenvalue weighted by Crippen LogP contribution is 2.20. The van der Waals surface area contributed by atoms with Crippen molar-refractivity contribution in [1.29, 1.82) is 0 Å². The molecule has 4 nitrogen and oxygen atoms in total. The molecule has 0 radical (unpaired) electrons. The standard InChI is InChI=1S/C14H18ClN3O/c1-10(2)7-8-16-9-13-17-18-14(19-13)11-3-5-12(15)6-4-11/h3-6,10,16H,7-9H2,1-2H3. The monoisotopic (exact) mass is 279 g/mol. The molecule has 1 heterocycles. The Kier molecular flexibility index (Phi) is 4.93. The van der Waals surface area contributed by atoms with Gasteiger partial charge in [-0.05, 0) is 43.1 Å². The van der Waals surface area contributed by atoms with E-state index < -0.39 is 0 Å². The van der Waals surface area contributed by atoms with E-state index >= 15 is 0 Å². The summed E-state index contributed by atoms with van der Waals surface area (Å²) in [6, 6.07) is 7.35.